The van der Waals surface area contributed by atoms with Crippen LogP contribution in [0, 0.1) is 0 Å². The third kappa shape index (κ3) is 3.74. The molecule has 3 N–H and O–H groups in total. The maximum atomic E-state index is 11.6. The molecule has 0 aliphatic carbocycles. The van der Waals surface area contributed by atoms with Crippen molar-refractivity contribution in [1.82, 2.24) is 5.32 Å². The van der Waals surface area contributed by atoms with E-state index in [1.165, 1.54) is 5.56 Å². The Morgan fingerprint density at radius 1 is 1.39 bits per heavy atom. The molecule has 1 fully saturated rings. The minimum atomic E-state index is -0.221. The van der Waals surface area contributed by atoms with E-state index < -0.39 is 0 Å². The zero-order valence-electron chi connectivity index (χ0n) is 10.5. The SMILES string of the molecule is Nc1ccc(CCCNC(=O)C2CCCO2)cc1. The van der Waals surface area contributed by atoms with Crippen LogP contribution >= 0.6 is 0 Å². The molecule has 1 aliphatic rings. The quantitative estimate of drug-likeness (QED) is 0.613. The number of hydrogen-bond donors (Lipinski definition) is 2. The number of benzene rings is 1. The number of ether oxygens (including phenoxy) is 1. The number of nitrogen functional groups attached to an aromatic ring is 1. The normalized spacial score (nSPS) is 18.8. The first kappa shape index (κ1) is 12.9. The Balaban J connectivity index is 1.63. The van der Waals surface area contributed by atoms with Crippen LogP contribution in [0.2, 0.25) is 0 Å². The molecule has 18 heavy (non-hydrogen) atoms. The average molecular weight is 248 g/mol. The Kier molecular flexibility index (Phi) is 4.59. The van der Waals surface area contributed by atoms with Gasteiger partial charge in [0.05, 0.1) is 0 Å². The second kappa shape index (κ2) is 6.40. The Morgan fingerprint density at radius 2 is 2.17 bits per heavy atom. The molecule has 1 aromatic carbocycles. The number of amides is 1. The van der Waals surface area contributed by atoms with Gasteiger partial charge in [-0.05, 0) is 43.4 Å². The molecule has 1 atom stereocenters. The van der Waals surface area contributed by atoms with Crippen molar-refractivity contribution in [3.8, 4) is 0 Å². The molecule has 2 rings (SSSR count). The second-order valence-corrected chi connectivity index (χ2v) is 4.64. The predicted octanol–water partition coefficient (Wildman–Crippen LogP) is 1.50. The maximum absolute atomic E-state index is 11.6. The topological polar surface area (TPSA) is 64.3 Å². The van der Waals surface area contributed by atoms with Crippen molar-refractivity contribution in [2.24, 2.45) is 0 Å². The van der Waals surface area contributed by atoms with Gasteiger partial charge in [0.15, 0.2) is 0 Å². The summed E-state index contributed by atoms with van der Waals surface area (Å²) in [5, 5.41) is 2.92. The van der Waals surface area contributed by atoms with E-state index in [-0.39, 0.29) is 12.0 Å². The fourth-order valence-corrected chi connectivity index (χ4v) is 2.09. The molecule has 0 bridgehead atoms. The molecule has 1 amide bonds. The monoisotopic (exact) mass is 248 g/mol. The summed E-state index contributed by atoms with van der Waals surface area (Å²) < 4.78 is 5.32. The second-order valence-electron chi connectivity index (χ2n) is 4.64. The molecule has 4 nitrogen and oxygen atoms in total. The van der Waals surface area contributed by atoms with E-state index in [0.717, 1.165) is 31.4 Å². The smallest absolute Gasteiger partial charge is 0.249 e. The van der Waals surface area contributed by atoms with Crippen molar-refractivity contribution >= 4 is 11.6 Å². The van der Waals surface area contributed by atoms with Crippen LogP contribution in [-0.4, -0.2) is 25.2 Å². The number of hydrogen-bond acceptors (Lipinski definition) is 3. The van der Waals surface area contributed by atoms with Crippen molar-refractivity contribution in [2.45, 2.75) is 31.8 Å². The number of rotatable bonds is 5. The van der Waals surface area contributed by atoms with Gasteiger partial charge in [0.1, 0.15) is 6.10 Å². The highest BCUT2D eigenvalue weighted by atomic mass is 16.5. The molecule has 4 heteroatoms. The highest BCUT2D eigenvalue weighted by molar-refractivity contribution is 5.80. The summed E-state index contributed by atoms with van der Waals surface area (Å²) in [5.41, 5.74) is 7.65. The highest BCUT2D eigenvalue weighted by Gasteiger charge is 2.22. The zero-order chi connectivity index (χ0) is 12.8. The molecule has 1 saturated heterocycles. The summed E-state index contributed by atoms with van der Waals surface area (Å²) >= 11 is 0. The lowest BCUT2D eigenvalue weighted by Crippen LogP contribution is -2.34. The number of aryl methyl sites for hydroxylation is 1. The molecule has 0 saturated carbocycles. The van der Waals surface area contributed by atoms with Gasteiger partial charge < -0.3 is 15.8 Å². The van der Waals surface area contributed by atoms with Gasteiger partial charge in [0, 0.05) is 18.8 Å². The Labute approximate surface area is 108 Å². The number of anilines is 1. The van der Waals surface area contributed by atoms with Gasteiger partial charge in [-0.1, -0.05) is 12.1 Å². The molecule has 1 unspecified atom stereocenters. The van der Waals surface area contributed by atoms with Gasteiger partial charge in [-0.15, -0.1) is 0 Å². The highest BCUT2D eigenvalue weighted by Crippen LogP contribution is 2.11. The largest absolute Gasteiger partial charge is 0.399 e. The van der Waals surface area contributed by atoms with E-state index in [0.29, 0.717) is 13.2 Å². The van der Waals surface area contributed by atoms with Crippen LogP contribution in [0.5, 0.6) is 0 Å². The van der Waals surface area contributed by atoms with Crippen molar-refractivity contribution in [1.29, 1.82) is 0 Å². The Bertz CT molecular complexity index is 383. The lowest BCUT2D eigenvalue weighted by molar-refractivity contribution is -0.130. The van der Waals surface area contributed by atoms with Crippen molar-refractivity contribution in [2.75, 3.05) is 18.9 Å². The standard InChI is InChI=1S/C14H20N2O2/c15-12-7-5-11(6-8-12)3-1-9-16-14(17)13-4-2-10-18-13/h5-8,13H,1-4,9-10,15H2,(H,16,17). The number of carbonyl (C=O) groups excluding carboxylic acids is 1. The Hall–Kier alpha value is -1.55. The molecule has 0 aromatic heterocycles. The van der Waals surface area contributed by atoms with Crippen LogP contribution < -0.4 is 11.1 Å². The first-order valence-corrected chi connectivity index (χ1v) is 6.49. The zero-order valence-corrected chi connectivity index (χ0v) is 10.5. The first-order chi connectivity index (χ1) is 8.75. The van der Waals surface area contributed by atoms with E-state index in [9.17, 15) is 4.79 Å². The fraction of sp³-hybridized carbons (Fsp3) is 0.500. The fourth-order valence-electron chi connectivity index (χ4n) is 2.09. The van der Waals surface area contributed by atoms with Crippen molar-refractivity contribution in [3.63, 3.8) is 0 Å². The summed E-state index contributed by atoms with van der Waals surface area (Å²) in [6.45, 7) is 1.41. The van der Waals surface area contributed by atoms with Crippen LogP contribution in [-0.2, 0) is 16.0 Å². The van der Waals surface area contributed by atoms with Crippen molar-refractivity contribution in [3.05, 3.63) is 29.8 Å². The first-order valence-electron chi connectivity index (χ1n) is 6.49. The summed E-state index contributed by atoms with van der Waals surface area (Å²) in [6, 6.07) is 7.86. The molecule has 1 aromatic rings. The van der Waals surface area contributed by atoms with E-state index in [1.807, 2.05) is 24.3 Å². The molecular formula is C14H20N2O2. The van der Waals surface area contributed by atoms with Gasteiger partial charge in [-0.3, -0.25) is 4.79 Å². The molecular weight excluding hydrogens is 228 g/mol. The molecule has 1 aliphatic heterocycles. The maximum Gasteiger partial charge on any atom is 0.249 e. The van der Waals surface area contributed by atoms with Crippen LogP contribution in [0.1, 0.15) is 24.8 Å². The van der Waals surface area contributed by atoms with Gasteiger partial charge in [-0.25, -0.2) is 0 Å². The summed E-state index contributed by atoms with van der Waals surface area (Å²) in [7, 11) is 0. The molecule has 0 radical (unpaired) electrons. The Morgan fingerprint density at radius 3 is 2.83 bits per heavy atom. The summed E-state index contributed by atoms with van der Waals surface area (Å²) in [4.78, 5) is 11.6. The van der Waals surface area contributed by atoms with Crippen molar-refractivity contribution < 1.29 is 9.53 Å². The van der Waals surface area contributed by atoms with Crippen LogP contribution in [0.3, 0.4) is 0 Å². The lowest BCUT2D eigenvalue weighted by atomic mass is 10.1. The van der Waals surface area contributed by atoms with E-state index in [1.54, 1.807) is 0 Å². The minimum absolute atomic E-state index is 0.0322. The average Bonchev–Trinajstić information content (AvgIpc) is 2.90. The number of carbonyl (C=O) groups is 1. The van der Waals surface area contributed by atoms with Crippen LogP contribution in [0.25, 0.3) is 0 Å². The summed E-state index contributed by atoms with van der Waals surface area (Å²) in [6.07, 6.45) is 3.50. The van der Waals surface area contributed by atoms with Crippen LogP contribution in [0.4, 0.5) is 5.69 Å². The molecule has 1 heterocycles. The van der Waals surface area contributed by atoms with E-state index >= 15 is 0 Å². The minimum Gasteiger partial charge on any atom is -0.399 e. The van der Waals surface area contributed by atoms with Crippen LogP contribution in [0.15, 0.2) is 24.3 Å². The number of nitrogens with one attached hydrogen (secondary N) is 1. The van der Waals surface area contributed by atoms with Gasteiger partial charge in [0.2, 0.25) is 5.91 Å². The number of nitrogens with two attached hydrogens (primary N) is 1. The van der Waals surface area contributed by atoms with Gasteiger partial charge >= 0.3 is 0 Å². The molecule has 98 valence electrons. The van der Waals surface area contributed by atoms with Gasteiger partial charge in [-0.2, -0.15) is 0 Å². The van der Waals surface area contributed by atoms with E-state index in [4.69, 9.17) is 10.5 Å². The lowest BCUT2D eigenvalue weighted by Gasteiger charge is -2.10. The van der Waals surface area contributed by atoms with Gasteiger partial charge in [0.25, 0.3) is 0 Å². The summed E-state index contributed by atoms with van der Waals surface area (Å²) in [5.74, 6) is 0.0322. The third-order valence-electron chi connectivity index (χ3n) is 3.14. The third-order valence-corrected chi connectivity index (χ3v) is 3.14. The van der Waals surface area contributed by atoms with E-state index in [2.05, 4.69) is 5.32 Å². The predicted molar refractivity (Wildman–Crippen MR) is 71.2 cm³/mol. The molecule has 0 spiro atoms.